The molecule has 0 amide bonds. The zero-order valence-corrected chi connectivity index (χ0v) is 18.0. The van der Waals surface area contributed by atoms with Gasteiger partial charge >= 0.3 is 0 Å². The van der Waals surface area contributed by atoms with Crippen LogP contribution in [0.4, 0.5) is 0 Å². The minimum Gasteiger partial charge on any atom is -0.494 e. The van der Waals surface area contributed by atoms with E-state index in [1.54, 1.807) is 14.2 Å². The van der Waals surface area contributed by atoms with Gasteiger partial charge in [-0.1, -0.05) is 13.2 Å². The zero-order valence-electron chi connectivity index (χ0n) is 18.0. The molecule has 0 aliphatic rings. The summed E-state index contributed by atoms with van der Waals surface area (Å²) >= 11 is 0. The smallest absolute Gasteiger partial charge is 0.115 e. The third-order valence-electron chi connectivity index (χ3n) is 3.20. The van der Waals surface area contributed by atoms with Gasteiger partial charge in [0.05, 0.1) is 66.1 Å². The summed E-state index contributed by atoms with van der Waals surface area (Å²) < 4.78 is 47.3. The zero-order chi connectivity index (χ0) is 21.4. The summed E-state index contributed by atoms with van der Waals surface area (Å²) in [5, 5.41) is 0. The molecular weight excluding hydrogens is 384 g/mol. The Morgan fingerprint density at radius 3 is 1.10 bits per heavy atom. The van der Waals surface area contributed by atoms with Crippen LogP contribution < -0.4 is 0 Å². The van der Waals surface area contributed by atoms with Crippen LogP contribution in [0.5, 0.6) is 0 Å². The predicted octanol–water partition coefficient (Wildman–Crippen LogP) is 1.42. The molecule has 0 atom stereocenters. The maximum atomic E-state index is 5.43. The second-order valence-electron chi connectivity index (χ2n) is 5.70. The fraction of sp³-hybridized carbons (Fsp3) is 0.800. The fourth-order valence-electron chi connectivity index (χ4n) is 1.78. The summed E-state index contributed by atoms with van der Waals surface area (Å²) in [5.41, 5.74) is 0. The van der Waals surface area contributed by atoms with E-state index < -0.39 is 0 Å². The van der Waals surface area contributed by atoms with Crippen molar-refractivity contribution < 1.29 is 42.6 Å². The van der Waals surface area contributed by atoms with Crippen molar-refractivity contribution in [2.24, 2.45) is 0 Å². The Morgan fingerprint density at radius 2 is 0.759 bits per heavy atom. The van der Waals surface area contributed by atoms with Crippen molar-refractivity contribution in [3.63, 3.8) is 0 Å². The third-order valence-corrected chi connectivity index (χ3v) is 3.20. The van der Waals surface area contributed by atoms with Crippen molar-refractivity contribution in [1.82, 2.24) is 0 Å². The van der Waals surface area contributed by atoms with E-state index in [0.717, 1.165) is 0 Å². The van der Waals surface area contributed by atoms with Gasteiger partial charge in [-0.15, -0.1) is 0 Å². The Morgan fingerprint density at radius 1 is 0.448 bits per heavy atom. The van der Waals surface area contributed by atoms with Gasteiger partial charge in [0, 0.05) is 14.2 Å². The average molecular weight is 423 g/mol. The van der Waals surface area contributed by atoms with Crippen LogP contribution in [0.2, 0.25) is 0 Å². The number of rotatable bonds is 24. The fourth-order valence-corrected chi connectivity index (χ4v) is 1.78. The summed E-state index contributed by atoms with van der Waals surface area (Å²) in [6, 6.07) is 0. The first-order chi connectivity index (χ1) is 14.2. The molecule has 29 heavy (non-hydrogen) atoms. The topological polar surface area (TPSA) is 83.1 Å². The minimum atomic E-state index is 0.262. The van der Waals surface area contributed by atoms with Crippen LogP contribution in [0.3, 0.4) is 0 Å². The molecule has 0 saturated heterocycles. The largest absolute Gasteiger partial charge is 0.494 e. The van der Waals surface area contributed by atoms with Crippen molar-refractivity contribution >= 4 is 0 Å². The SMILES string of the molecule is C=C(COCC(=C)OCCOCCOCCOC)OCCOCCOCCOC. The molecule has 0 rings (SSSR count). The van der Waals surface area contributed by atoms with E-state index in [0.29, 0.717) is 90.8 Å². The molecule has 0 N–H and O–H groups in total. The lowest BCUT2D eigenvalue weighted by molar-refractivity contribution is 0.00346. The van der Waals surface area contributed by atoms with Gasteiger partial charge in [-0.05, 0) is 0 Å². The van der Waals surface area contributed by atoms with Crippen molar-refractivity contribution in [3.8, 4) is 0 Å². The molecule has 9 heteroatoms. The van der Waals surface area contributed by atoms with Crippen LogP contribution >= 0.6 is 0 Å². The summed E-state index contributed by atoms with van der Waals surface area (Å²) in [7, 11) is 3.27. The van der Waals surface area contributed by atoms with Crippen LogP contribution in [-0.4, -0.2) is 107 Å². The van der Waals surface area contributed by atoms with Crippen molar-refractivity contribution in [2.45, 2.75) is 0 Å². The molecule has 0 heterocycles. The Hall–Kier alpha value is -1.20. The van der Waals surface area contributed by atoms with E-state index in [9.17, 15) is 0 Å². The molecule has 0 radical (unpaired) electrons. The molecule has 0 bridgehead atoms. The molecule has 0 aliphatic heterocycles. The molecule has 172 valence electrons. The normalized spacial score (nSPS) is 10.8. The predicted molar refractivity (Wildman–Crippen MR) is 108 cm³/mol. The Bertz CT molecular complexity index is 343. The molecule has 0 aromatic rings. The summed E-state index contributed by atoms with van der Waals surface area (Å²) in [6.45, 7) is 14.2. The first-order valence-corrected chi connectivity index (χ1v) is 9.68. The van der Waals surface area contributed by atoms with Crippen LogP contribution in [0, 0.1) is 0 Å². The average Bonchev–Trinajstić information content (AvgIpc) is 2.71. The quantitative estimate of drug-likeness (QED) is 0.169. The number of hydrogen-bond donors (Lipinski definition) is 0. The highest BCUT2D eigenvalue weighted by Gasteiger charge is 2.00. The third kappa shape index (κ3) is 22.9. The van der Waals surface area contributed by atoms with Crippen molar-refractivity contribution in [1.29, 1.82) is 0 Å². The standard InChI is InChI=1S/C20H38O9/c1-19(28-15-13-25-11-9-23-7-5-21-3)17-27-18-20(2)29-16-14-26-12-10-24-8-6-22-4/h1-2,5-18H2,3-4H3. The van der Waals surface area contributed by atoms with Gasteiger partial charge in [-0.25, -0.2) is 0 Å². The Kier molecular flexibility index (Phi) is 22.1. The van der Waals surface area contributed by atoms with Crippen molar-refractivity contribution in [3.05, 3.63) is 24.7 Å². The highest BCUT2D eigenvalue weighted by Crippen LogP contribution is 1.99. The van der Waals surface area contributed by atoms with E-state index >= 15 is 0 Å². The molecule has 0 spiro atoms. The van der Waals surface area contributed by atoms with Gasteiger partial charge in [0.15, 0.2) is 0 Å². The monoisotopic (exact) mass is 422 g/mol. The molecule has 0 saturated carbocycles. The first-order valence-electron chi connectivity index (χ1n) is 9.68. The van der Waals surface area contributed by atoms with Gasteiger partial charge in [0.1, 0.15) is 37.9 Å². The molecular formula is C20H38O9. The molecule has 0 aromatic carbocycles. The van der Waals surface area contributed by atoms with Crippen LogP contribution in [0.25, 0.3) is 0 Å². The summed E-state index contributed by atoms with van der Waals surface area (Å²) in [5.74, 6) is 1.05. The van der Waals surface area contributed by atoms with Gasteiger partial charge < -0.3 is 42.6 Å². The van der Waals surface area contributed by atoms with E-state index in [2.05, 4.69) is 13.2 Å². The lowest BCUT2D eigenvalue weighted by Gasteiger charge is -2.12. The van der Waals surface area contributed by atoms with Gasteiger partial charge in [0.2, 0.25) is 0 Å². The number of hydrogen-bond acceptors (Lipinski definition) is 9. The van der Waals surface area contributed by atoms with Gasteiger partial charge in [-0.2, -0.15) is 0 Å². The molecule has 0 aliphatic carbocycles. The van der Waals surface area contributed by atoms with E-state index in [4.69, 9.17) is 42.6 Å². The number of methoxy groups -OCH3 is 2. The lowest BCUT2D eigenvalue weighted by atomic mass is 10.5. The molecule has 0 unspecified atom stereocenters. The molecule has 9 nitrogen and oxygen atoms in total. The second-order valence-corrected chi connectivity index (χ2v) is 5.70. The second kappa shape index (κ2) is 23.1. The Balaban J connectivity index is 3.31. The summed E-state index contributed by atoms with van der Waals surface area (Å²) in [4.78, 5) is 0. The molecule has 0 fully saturated rings. The summed E-state index contributed by atoms with van der Waals surface area (Å²) in [6.07, 6.45) is 0. The highest BCUT2D eigenvalue weighted by molar-refractivity contribution is 4.86. The van der Waals surface area contributed by atoms with E-state index in [1.165, 1.54) is 0 Å². The van der Waals surface area contributed by atoms with Crippen LogP contribution in [-0.2, 0) is 42.6 Å². The highest BCUT2D eigenvalue weighted by atomic mass is 16.6. The van der Waals surface area contributed by atoms with E-state index in [-0.39, 0.29) is 13.2 Å². The van der Waals surface area contributed by atoms with Gasteiger partial charge in [0.25, 0.3) is 0 Å². The van der Waals surface area contributed by atoms with E-state index in [1.807, 2.05) is 0 Å². The van der Waals surface area contributed by atoms with Crippen molar-refractivity contribution in [2.75, 3.05) is 107 Å². The number of ether oxygens (including phenoxy) is 9. The van der Waals surface area contributed by atoms with Gasteiger partial charge in [-0.3, -0.25) is 0 Å². The molecule has 0 aromatic heterocycles. The minimum absolute atomic E-state index is 0.262. The van der Waals surface area contributed by atoms with Crippen LogP contribution in [0.1, 0.15) is 0 Å². The maximum Gasteiger partial charge on any atom is 0.115 e. The maximum absolute atomic E-state index is 5.43. The van der Waals surface area contributed by atoms with Crippen LogP contribution in [0.15, 0.2) is 24.7 Å². The lowest BCUT2D eigenvalue weighted by Crippen LogP contribution is -2.13. The Labute approximate surface area is 174 Å². The first kappa shape index (κ1) is 27.8.